The third-order valence-corrected chi connectivity index (χ3v) is 3.14. The molecule has 0 bridgehead atoms. The molecule has 1 aliphatic carbocycles. The molecule has 0 unspecified atom stereocenters. The van der Waals surface area contributed by atoms with Gasteiger partial charge in [0.15, 0.2) is 0 Å². The Kier molecular flexibility index (Phi) is 3.39. The molecule has 3 rings (SSSR count). The quantitative estimate of drug-likeness (QED) is 0.481. The van der Waals surface area contributed by atoms with Crippen molar-refractivity contribution in [2.75, 3.05) is 17.9 Å². The third-order valence-electron chi connectivity index (χ3n) is 3.14. The average molecular weight is 277 g/mol. The minimum absolute atomic E-state index is 0.260. The van der Waals surface area contributed by atoms with E-state index in [9.17, 15) is 0 Å². The summed E-state index contributed by atoms with van der Waals surface area (Å²) in [6.45, 7) is 0. The molecule has 1 aliphatic rings. The van der Waals surface area contributed by atoms with Gasteiger partial charge in [-0.05, 0) is 12.8 Å². The van der Waals surface area contributed by atoms with Crippen molar-refractivity contribution in [3.05, 3.63) is 12.7 Å². The van der Waals surface area contributed by atoms with Gasteiger partial charge < -0.3 is 10.1 Å². The molecule has 2 heterocycles. The van der Waals surface area contributed by atoms with E-state index in [1.54, 1.807) is 7.11 Å². The maximum Gasteiger partial charge on any atom is 0.258 e. The van der Waals surface area contributed by atoms with Crippen LogP contribution in [0.5, 0.6) is 0 Å². The molecule has 2 aromatic rings. The highest BCUT2D eigenvalue weighted by Crippen LogP contribution is 2.25. The van der Waals surface area contributed by atoms with Gasteiger partial charge in [-0.3, -0.25) is 5.43 Å². The zero-order valence-electron chi connectivity index (χ0n) is 10.9. The van der Waals surface area contributed by atoms with Gasteiger partial charge in [-0.25, -0.2) is 10.8 Å². The molecule has 106 valence electrons. The monoisotopic (exact) mass is 277 g/mol. The Morgan fingerprint density at radius 3 is 2.75 bits per heavy atom. The molecule has 4 N–H and O–H groups in total. The lowest BCUT2D eigenvalue weighted by atomic mass is 9.89. The van der Waals surface area contributed by atoms with E-state index in [0.717, 1.165) is 12.8 Å². The lowest BCUT2D eigenvalue weighted by Crippen LogP contribution is -2.40. The van der Waals surface area contributed by atoms with Crippen molar-refractivity contribution in [2.45, 2.75) is 25.0 Å². The third kappa shape index (κ3) is 2.51. The van der Waals surface area contributed by atoms with Crippen molar-refractivity contribution < 1.29 is 4.74 Å². The fourth-order valence-electron chi connectivity index (χ4n) is 1.97. The fraction of sp³-hybridized carbons (Fsp3) is 0.500. The maximum absolute atomic E-state index is 5.37. The molecule has 1 fully saturated rings. The van der Waals surface area contributed by atoms with Crippen LogP contribution in [-0.4, -0.2) is 49.0 Å². The molecular formula is C10H15N9O. The van der Waals surface area contributed by atoms with Gasteiger partial charge in [0, 0.05) is 13.2 Å². The molecule has 0 radical (unpaired) electrons. The second-order valence-electron chi connectivity index (χ2n) is 4.44. The Morgan fingerprint density at radius 2 is 2.10 bits per heavy atom. The molecule has 0 aromatic carbocycles. The van der Waals surface area contributed by atoms with Crippen LogP contribution in [0.2, 0.25) is 0 Å². The first kappa shape index (κ1) is 12.7. The summed E-state index contributed by atoms with van der Waals surface area (Å²) < 4.78 is 6.67. The highest BCUT2D eigenvalue weighted by molar-refractivity contribution is 5.38. The van der Waals surface area contributed by atoms with E-state index in [2.05, 4.69) is 35.8 Å². The molecule has 0 amide bonds. The summed E-state index contributed by atoms with van der Waals surface area (Å²) >= 11 is 0. The number of hydrogen-bond donors (Lipinski definition) is 3. The van der Waals surface area contributed by atoms with Gasteiger partial charge in [-0.2, -0.15) is 24.7 Å². The van der Waals surface area contributed by atoms with Gasteiger partial charge >= 0.3 is 0 Å². The number of nitrogens with zero attached hydrogens (tertiary/aromatic N) is 6. The standard InChI is InChI=1S/C10H15N9O/c1-20-7-2-6(3-7)14-8-15-9(18-11)17-10(16-8)19-5-12-4-13-19/h4-7H,2-3,11H2,1H3,(H2,14,15,16,17,18). The topological polar surface area (TPSA) is 129 Å². The molecule has 2 aromatic heterocycles. The average Bonchev–Trinajstić information content (AvgIpc) is 2.96. The van der Waals surface area contributed by atoms with Gasteiger partial charge in [0.2, 0.25) is 11.9 Å². The lowest BCUT2D eigenvalue weighted by molar-refractivity contribution is 0.0327. The predicted octanol–water partition coefficient (Wildman–Crippen LogP) is -0.673. The number of rotatable bonds is 5. The molecule has 0 atom stereocenters. The van der Waals surface area contributed by atoms with Crippen LogP contribution in [0.3, 0.4) is 0 Å². The number of nitrogens with two attached hydrogens (primary N) is 1. The van der Waals surface area contributed by atoms with Crippen LogP contribution in [0.25, 0.3) is 5.95 Å². The van der Waals surface area contributed by atoms with E-state index in [0.29, 0.717) is 18.0 Å². The molecule has 0 aliphatic heterocycles. The van der Waals surface area contributed by atoms with Crippen LogP contribution in [0.1, 0.15) is 12.8 Å². The Hall–Kier alpha value is -2.33. The largest absolute Gasteiger partial charge is 0.381 e. The van der Waals surface area contributed by atoms with Crippen molar-refractivity contribution in [2.24, 2.45) is 5.84 Å². The van der Waals surface area contributed by atoms with Crippen LogP contribution in [0, 0.1) is 0 Å². The summed E-state index contributed by atoms with van der Waals surface area (Å²) in [5.74, 6) is 6.41. The number of nitrogens with one attached hydrogen (secondary N) is 2. The molecule has 0 spiro atoms. The fourth-order valence-corrected chi connectivity index (χ4v) is 1.97. The molecule has 1 saturated carbocycles. The van der Waals surface area contributed by atoms with Gasteiger partial charge in [-0.1, -0.05) is 0 Å². The summed E-state index contributed by atoms with van der Waals surface area (Å²) in [7, 11) is 1.71. The van der Waals surface area contributed by atoms with Crippen molar-refractivity contribution in [1.82, 2.24) is 29.7 Å². The summed E-state index contributed by atoms with van der Waals surface area (Å²) in [4.78, 5) is 16.4. The predicted molar refractivity (Wildman–Crippen MR) is 70.0 cm³/mol. The zero-order chi connectivity index (χ0) is 13.9. The molecule has 0 saturated heterocycles. The van der Waals surface area contributed by atoms with E-state index in [-0.39, 0.29) is 12.0 Å². The van der Waals surface area contributed by atoms with Crippen LogP contribution in [0.15, 0.2) is 12.7 Å². The number of methoxy groups -OCH3 is 1. The van der Waals surface area contributed by atoms with Gasteiger partial charge in [0.25, 0.3) is 5.95 Å². The normalized spacial score (nSPS) is 21.3. The summed E-state index contributed by atoms with van der Waals surface area (Å²) in [5.41, 5.74) is 2.41. The summed E-state index contributed by atoms with van der Waals surface area (Å²) in [6.07, 6.45) is 5.06. The van der Waals surface area contributed by atoms with Crippen LogP contribution in [0.4, 0.5) is 11.9 Å². The first-order chi connectivity index (χ1) is 9.78. The first-order valence-corrected chi connectivity index (χ1v) is 6.15. The molecule has 20 heavy (non-hydrogen) atoms. The Morgan fingerprint density at radius 1 is 1.30 bits per heavy atom. The molecule has 10 nitrogen and oxygen atoms in total. The Balaban J connectivity index is 1.78. The second-order valence-corrected chi connectivity index (χ2v) is 4.44. The number of hydrogen-bond acceptors (Lipinski definition) is 9. The Labute approximate surface area is 114 Å². The van der Waals surface area contributed by atoms with Gasteiger partial charge in [-0.15, -0.1) is 0 Å². The highest BCUT2D eigenvalue weighted by atomic mass is 16.5. The van der Waals surface area contributed by atoms with Crippen LogP contribution < -0.4 is 16.6 Å². The summed E-state index contributed by atoms with van der Waals surface area (Å²) in [6, 6.07) is 0.288. The smallest absolute Gasteiger partial charge is 0.258 e. The number of hydrazine groups is 1. The minimum Gasteiger partial charge on any atom is -0.381 e. The highest BCUT2D eigenvalue weighted by Gasteiger charge is 2.29. The van der Waals surface area contributed by atoms with Crippen molar-refractivity contribution in [3.63, 3.8) is 0 Å². The van der Waals surface area contributed by atoms with Gasteiger partial charge in [0.05, 0.1) is 6.10 Å². The molecule has 10 heteroatoms. The number of anilines is 2. The second kappa shape index (κ2) is 5.35. The van der Waals surface area contributed by atoms with E-state index >= 15 is 0 Å². The summed E-state index contributed by atoms with van der Waals surface area (Å²) in [5, 5.41) is 7.20. The van der Waals surface area contributed by atoms with Crippen LogP contribution >= 0.6 is 0 Å². The van der Waals surface area contributed by atoms with E-state index in [4.69, 9.17) is 10.6 Å². The number of aromatic nitrogens is 6. The van der Waals surface area contributed by atoms with Crippen molar-refractivity contribution in [1.29, 1.82) is 0 Å². The number of nitrogen functional groups attached to an aromatic ring is 1. The van der Waals surface area contributed by atoms with Crippen LogP contribution in [-0.2, 0) is 4.74 Å². The van der Waals surface area contributed by atoms with Crippen molar-refractivity contribution in [3.8, 4) is 5.95 Å². The SMILES string of the molecule is COC1CC(Nc2nc(NN)nc(-n3cncn3)n2)C1. The van der Waals surface area contributed by atoms with Gasteiger partial charge in [0.1, 0.15) is 12.7 Å². The maximum atomic E-state index is 5.37. The minimum atomic E-state index is 0.260. The lowest BCUT2D eigenvalue weighted by Gasteiger charge is -2.34. The zero-order valence-corrected chi connectivity index (χ0v) is 10.9. The van der Waals surface area contributed by atoms with E-state index in [1.165, 1.54) is 17.3 Å². The Bertz CT molecular complexity index is 566. The van der Waals surface area contributed by atoms with Crippen molar-refractivity contribution >= 4 is 11.9 Å². The molecular weight excluding hydrogens is 262 g/mol. The van der Waals surface area contributed by atoms with E-state index < -0.39 is 0 Å². The first-order valence-electron chi connectivity index (χ1n) is 6.15. The number of ether oxygens (including phenoxy) is 1. The van der Waals surface area contributed by atoms with E-state index in [1.807, 2.05) is 0 Å².